The fraction of sp³-hybridized carbons (Fsp3) is 0.471. The molecule has 1 aromatic heterocycles. The Bertz CT molecular complexity index is 682. The molecule has 2 aromatic rings. The topological polar surface area (TPSA) is 25.2 Å². The van der Waals surface area contributed by atoms with Gasteiger partial charge in [-0.25, -0.2) is 0 Å². The molecule has 3 nitrogen and oxygen atoms in total. The summed E-state index contributed by atoms with van der Waals surface area (Å²) < 4.78 is 2.21. The molecular formula is C17H20N2O. The van der Waals surface area contributed by atoms with Crippen LogP contribution in [0.25, 0.3) is 10.9 Å². The molecule has 1 aliphatic carbocycles. The lowest BCUT2D eigenvalue weighted by molar-refractivity contribution is -0.138. The summed E-state index contributed by atoms with van der Waals surface area (Å²) >= 11 is 0. The molecule has 1 aliphatic heterocycles. The van der Waals surface area contributed by atoms with Crippen molar-refractivity contribution in [3.63, 3.8) is 0 Å². The van der Waals surface area contributed by atoms with E-state index < -0.39 is 0 Å². The minimum Gasteiger partial charge on any atom is -0.350 e. The van der Waals surface area contributed by atoms with Gasteiger partial charge in [0.05, 0.1) is 0 Å². The predicted molar refractivity (Wildman–Crippen MR) is 79.4 cm³/mol. The van der Waals surface area contributed by atoms with E-state index in [1.54, 1.807) is 0 Å². The number of aromatic nitrogens is 1. The van der Waals surface area contributed by atoms with Crippen LogP contribution < -0.4 is 0 Å². The zero-order chi connectivity index (χ0) is 13.7. The number of hydrogen-bond donors (Lipinski definition) is 0. The van der Waals surface area contributed by atoms with E-state index >= 15 is 0 Å². The highest BCUT2D eigenvalue weighted by molar-refractivity contribution is 5.89. The Morgan fingerprint density at radius 2 is 2.10 bits per heavy atom. The van der Waals surface area contributed by atoms with Crippen molar-refractivity contribution in [1.29, 1.82) is 0 Å². The van der Waals surface area contributed by atoms with E-state index in [1.807, 2.05) is 0 Å². The van der Waals surface area contributed by atoms with Crippen molar-refractivity contribution < 1.29 is 4.79 Å². The van der Waals surface area contributed by atoms with Crippen LogP contribution in [0.1, 0.15) is 30.4 Å². The van der Waals surface area contributed by atoms with Crippen molar-refractivity contribution in [3.05, 3.63) is 35.5 Å². The van der Waals surface area contributed by atoms with Gasteiger partial charge < -0.3 is 9.47 Å². The maximum Gasteiger partial charge on any atom is 0.225 e. The SMILES string of the molecule is Cn1cc2c3c(cccc31)CN(C(=O)C1CCC1)CC2. The number of carbonyl (C=O) groups is 1. The molecule has 4 rings (SSSR count). The molecule has 0 spiro atoms. The fourth-order valence-corrected chi connectivity index (χ4v) is 3.58. The van der Waals surface area contributed by atoms with Gasteiger partial charge in [-0.2, -0.15) is 0 Å². The predicted octanol–water partition coefficient (Wildman–Crippen LogP) is 2.86. The van der Waals surface area contributed by atoms with Gasteiger partial charge >= 0.3 is 0 Å². The maximum absolute atomic E-state index is 12.5. The molecule has 1 saturated carbocycles. The zero-order valence-corrected chi connectivity index (χ0v) is 11.9. The van der Waals surface area contributed by atoms with E-state index in [9.17, 15) is 4.79 Å². The highest BCUT2D eigenvalue weighted by atomic mass is 16.2. The van der Waals surface area contributed by atoms with Crippen LogP contribution >= 0.6 is 0 Å². The molecule has 0 atom stereocenters. The monoisotopic (exact) mass is 268 g/mol. The minimum absolute atomic E-state index is 0.303. The van der Waals surface area contributed by atoms with Crippen molar-refractivity contribution >= 4 is 16.8 Å². The van der Waals surface area contributed by atoms with Crippen LogP contribution in [0, 0.1) is 5.92 Å². The second-order valence-electron chi connectivity index (χ2n) is 6.21. The lowest BCUT2D eigenvalue weighted by Crippen LogP contribution is -2.39. The third-order valence-corrected chi connectivity index (χ3v) is 4.96. The van der Waals surface area contributed by atoms with E-state index in [4.69, 9.17) is 0 Å². The Kier molecular flexibility index (Phi) is 2.62. The average Bonchev–Trinajstić information content (AvgIpc) is 2.59. The Balaban J connectivity index is 1.72. The van der Waals surface area contributed by atoms with E-state index in [-0.39, 0.29) is 0 Å². The zero-order valence-electron chi connectivity index (χ0n) is 11.9. The van der Waals surface area contributed by atoms with E-state index in [0.717, 1.165) is 32.4 Å². The summed E-state index contributed by atoms with van der Waals surface area (Å²) in [5.74, 6) is 0.681. The summed E-state index contributed by atoms with van der Waals surface area (Å²) in [6.07, 6.45) is 6.61. The molecule has 0 unspecified atom stereocenters. The molecule has 1 amide bonds. The van der Waals surface area contributed by atoms with Gasteiger partial charge in [0.15, 0.2) is 0 Å². The summed E-state index contributed by atoms with van der Waals surface area (Å²) in [5.41, 5.74) is 3.99. The van der Waals surface area contributed by atoms with Gasteiger partial charge in [0.25, 0.3) is 0 Å². The lowest BCUT2D eigenvalue weighted by atomic mass is 9.84. The number of carbonyl (C=O) groups excluding carboxylic acids is 1. The van der Waals surface area contributed by atoms with Gasteiger partial charge in [-0.15, -0.1) is 0 Å². The first-order valence-corrected chi connectivity index (χ1v) is 7.58. The number of benzene rings is 1. The number of amides is 1. The summed E-state index contributed by atoms with van der Waals surface area (Å²) in [6, 6.07) is 6.46. The number of rotatable bonds is 1. The molecular weight excluding hydrogens is 248 g/mol. The van der Waals surface area contributed by atoms with E-state index in [2.05, 4.69) is 40.9 Å². The summed E-state index contributed by atoms with van der Waals surface area (Å²) in [5, 5.41) is 1.37. The largest absolute Gasteiger partial charge is 0.350 e. The van der Waals surface area contributed by atoms with E-state index in [1.165, 1.54) is 28.5 Å². The second kappa shape index (κ2) is 4.37. The van der Waals surface area contributed by atoms with Gasteiger partial charge in [0.2, 0.25) is 5.91 Å². The Morgan fingerprint density at radius 3 is 2.85 bits per heavy atom. The van der Waals surface area contributed by atoms with Crippen LogP contribution in [0.5, 0.6) is 0 Å². The molecule has 2 aliphatic rings. The van der Waals surface area contributed by atoms with Crippen LogP contribution in [0.2, 0.25) is 0 Å². The van der Waals surface area contributed by atoms with Crippen molar-refractivity contribution in [1.82, 2.24) is 9.47 Å². The summed E-state index contributed by atoms with van der Waals surface area (Å²) in [4.78, 5) is 14.6. The Labute approximate surface area is 119 Å². The average molecular weight is 268 g/mol. The first-order valence-electron chi connectivity index (χ1n) is 7.58. The quantitative estimate of drug-likeness (QED) is 0.780. The van der Waals surface area contributed by atoms with Crippen LogP contribution in [0.15, 0.2) is 24.4 Å². The standard InChI is InChI=1S/C17H20N2O/c1-18-10-14-8-9-19(17(20)12-4-2-5-12)11-13-6-3-7-15(18)16(13)14/h3,6-7,10,12H,2,4-5,8-9,11H2,1H3. The van der Waals surface area contributed by atoms with Crippen molar-refractivity contribution in [2.24, 2.45) is 13.0 Å². The summed E-state index contributed by atoms with van der Waals surface area (Å²) in [7, 11) is 2.11. The van der Waals surface area contributed by atoms with Crippen LogP contribution in [-0.2, 0) is 24.8 Å². The molecule has 0 saturated heterocycles. The molecule has 1 fully saturated rings. The van der Waals surface area contributed by atoms with Crippen LogP contribution in [-0.4, -0.2) is 21.9 Å². The number of aryl methyl sites for hydroxylation is 1. The first-order chi connectivity index (χ1) is 9.74. The second-order valence-corrected chi connectivity index (χ2v) is 6.21. The van der Waals surface area contributed by atoms with E-state index in [0.29, 0.717) is 11.8 Å². The lowest BCUT2D eigenvalue weighted by Gasteiger charge is -2.31. The maximum atomic E-state index is 12.5. The molecule has 104 valence electrons. The molecule has 1 aromatic carbocycles. The van der Waals surface area contributed by atoms with Crippen molar-refractivity contribution in [2.75, 3.05) is 6.54 Å². The molecule has 0 N–H and O–H groups in total. The van der Waals surface area contributed by atoms with Gasteiger partial charge in [0, 0.05) is 43.2 Å². The molecule has 0 bridgehead atoms. The van der Waals surface area contributed by atoms with Gasteiger partial charge in [-0.1, -0.05) is 18.6 Å². The minimum atomic E-state index is 0.303. The van der Waals surface area contributed by atoms with Gasteiger partial charge in [0.1, 0.15) is 0 Å². The fourth-order valence-electron chi connectivity index (χ4n) is 3.58. The first kappa shape index (κ1) is 12.0. The molecule has 2 heterocycles. The highest BCUT2D eigenvalue weighted by Gasteiger charge is 2.30. The Hall–Kier alpha value is -1.77. The molecule has 0 radical (unpaired) electrons. The highest BCUT2D eigenvalue weighted by Crippen LogP contribution is 2.32. The van der Waals surface area contributed by atoms with Crippen LogP contribution in [0.3, 0.4) is 0 Å². The van der Waals surface area contributed by atoms with Gasteiger partial charge in [-0.3, -0.25) is 4.79 Å². The number of nitrogens with zero attached hydrogens (tertiary/aromatic N) is 2. The van der Waals surface area contributed by atoms with Crippen LogP contribution in [0.4, 0.5) is 0 Å². The molecule has 3 heteroatoms. The van der Waals surface area contributed by atoms with Gasteiger partial charge in [-0.05, 0) is 36.5 Å². The summed E-state index contributed by atoms with van der Waals surface area (Å²) in [6.45, 7) is 1.65. The van der Waals surface area contributed by atoms with Crippen molar-refractivity contribution in [2.45, 2.75) is 32.2 Å². The van der Waals surface area contributed by atoms with Crippen molar-refractivity contribution in [3.8, 4) is 0 Å². The smallest absolute Gasteiger partial charge is 0.225 e. The number of hydrogen-bond acceptors (Lipinski definition) is 1. The molecule has 20 heavy (non-hydrogen) atoms. The third-order valence-electron chi connectivity index (χ3n) is 4.96. The Morgan fingerprint density at radius 1 is 1.25 bits per heavy atom. The third kappa shape index (κ3) is 1.69. The normalized spacial score (nSPS) is 18.9.